The zero-order chi connectivity index (χ0) is 31.9. The summed E-state index contributed by atoms with van der Waals surface area (Å²) in [5.74, 6) is -2.77. The van der Waals surface area contributed by atoms with Crippen LogP contribution in [0.3, 0.4) is 0 Å². The summed E-state index contributed by atoms with van der Waals surface area (Å²) >= 11 is 0.885. The number of thiophene rings is 1. The maximum absolute atomic E-state index is 13.0. The van der Waals surface area contributed by atoms with E-state index in [0.717, 1.165) is 22.5 Å². The molecule has 0 aliphatic heterocycles. The normalized spacial score (nSPS) is 10.7. The van der Waals surface area contributed by atoms with Crippen LogP contribution in [0.1, 0.15) is 49.8 Å². The summed E-state index contributed by atoms with van der Waals surface area (Å²) in [6.07, 6.45) is 0. The Morgan fingerprint density at radius 2 is 1.29 bits per heavy atom. The molecule has 11 heteroatoms. The Kier molecular flexibility index (Phi) is 9.59. The van der Waals surface area contributed by atoms with E-state index in [9.17, 15) is 19.2 Å². The Morgan fingerprint density at radius 1 is 0.711 bits per heavy atom. The van der Waals surface area contributed by atoms with Crippen molar-refractivity contribution in [3.63, 3.8) is 0 Å². The van der Waals surface area contributed by atoms with E-state index in [2.05, 4.69) is 5.32 Å². The standard InChI is InChI=1S/C34H29N3O7S/c1-4-42-33(40)27-20(3)30(34(41)43-5-2)45-31(27)37-26(38)19-44-32(39)23-16-17-24-25(18-23)36-29(22-14-10-7-11-15-22)28(35-24)21-12-8-6-9-13-21/h6-18H,4-5,19H2,1-3H3,(H,37,38). The molecular formula is C34H29N3O7S. The molecule has 0 saturated carbocycles. The SMILES string of the molecule is CCOC(=O)c1sc(NC(=O)COC(=O)c2ccc3nc(-c4ccccc4)c(-c4ccccc4)nc3c2)c(C(=O)OCC)c1C. The average molecular weight is 624 g/mol. The first-order chi connectivity index (χ1) is 21.8. The molecule has 2 aromatic heterocycles. The Labute approximate surface area is 263 Å². The number of ether oxygens (including phenoxy) is 3. The number of esters is 3. The fourth-order valence-corrected chi connectivity index (χ4v) is 5.70. The molecule has 0 aliphatic carbocycles. The molecule has 0 aliphatic rings. The lowest BCUT2D eigenvalue weighted by molar-refractivity contribution is -0.119. The molecule has 0 spiro atoms. The molecule has 3 aromatic carbocycles. The number of rotatable bonds is 10. The predicted molar refractivity (Wildman–Crippen MR) is 170 cm³/mol. The predicted octanol–water partition coefficient (Wildman–Crippen LogP) is 6.48. The highest BCUT2D eigenvalue weighted by molar-refractivity contribution is 7.18. The maximum Gasteiger partial charge on any atom is 0.348 e. The minimum Gasteiger partial charge on any atom is -0.462 e. The Bertz CT molecular complexity index is 1890. The molecule has 0 fully saturated rings. The minimum atomic E-state index is -0.748. The molecule has 0 unspecified atom stereocenters. The summed E-state index contributed by atoms with van der Waals surface area (Å²) in [7, 11) is 0. The maximum atomic E-state index is 13.0. The number of hydrogen-bond acceptors (Lipinski definition) is 10. The number of aromatic nitrogens is 2. The number of nitrogens with one attached hydrogen (secondary N) is 1. The first kappa shape index (κ1) is 31.0. The van der Waals surface area contributed by atoms with Crippen molar-refractivity contribution >= 4 is 51.2 Å². The largest absolute Gasteiger partial charge is 0.462 e. The van der Waals surface area contributed by atoms with Crippen molar-refractivity contribution in [1.29, 1.82) is 0 Å². The van der Waals surface area contributed by atoms with Crippen molar-refractivity contribution in [3.05, 3.63) is 100 Å². The van der Waals surface area contributed by atoms with E-state index in [1.807, 2.05) is 60.7 Å². The van der Waals surface area contributed by atoms with Gasteiger partial charge in [0.2, 0.25) is 0 Å². The van der Waals surface area contributed by atoms with E-state index in [1.165, 1.54) is 0 Å². The molecule has 1 amide bonds. The number of amides is 1. The van der Waals surface area contributed by atoms with Gasteiger partial charge in [-0.25, -0.2) is 24.4 Å². The number of benzene rings is 3. The van der Waals surface area contributed by atoms with Gasteiger partial charge >= 0.3 is 17.9 Å². The Morgan fingerprint density at radius 3 is 1.89 bits per heavy atom. The van der Waals surface area contributed by atoms with Crippen molar-refractivity contribution in [3.8, 4) is 22.5 Å². The smallest absolute Gasteiger partial charge is 0.348 e. The van der Waals surface area contributed by atoms with Crippen LogP contribution in [0.4, 0.5) is 5.00 Å². The first-order valence-electron chi connectivity index (χ1n) is 14.2. The summed E-state index contributed by atoms with van der Waals surface area (Å²) in [4.78, 5) is 60.7. The third kappa shape index (κ3) is 6.89. The van der Waals surface area contributed by atoms with E-state index in [0.29, 0.717) is 28.0 Å². The molecule has 5 aromatic rings. The van der Waals surface area contributed by atoms with Crippen LogP contribution in [0.25, 0.3) is 33.5 Å². The molecule has 2 heterocycles. The zero-order valence-electron chi connectivity index (χ0n) is 24.8. The lowest BCUT2D eigenvalue weighted by atomic mass is 10.0. The Balaban J connectivity index is 1.36. The fourth-order valence-electron chi connectivity index (χ4n) is 4.59. The average Bonchev–Trinajstić information content (AvgIpc) is 3.39. The van der Waals surface area contributed by atoms with Crippen molar-refractivity contribution in [2.45, 2.75) is 20.8 Å². The quantitative estimate of drug-likeness (QED) is 0.137. The Hall–Kier alpha value is -5.42. The molecule has 0 bridgehead atoms. The van der Waals surface area contributed by atoms with Gasteiger partial charge in [0, 0.05) is 11.1 Å². The number of carbonyl (C=O) groups is 4. The van der Waals surface area contributed by atoms with Crippen molar-refractivity contribution < 1.29 is 33.4 Å². The molecule has 10 nitrogen and oxygen atoms in total. The highest BCUT2D eigenvalue weighted by Gasteiger charge is 2.27. The number of nitrogens with zero attached hydrogens (tertiary/aromatic N) is 2. The highest BCUT2D eigenvalue weighted by Crippen LogP contribution is 2.35. The molecule has 0 atom stereocenters. The highest BCUT2D eigenvalue weighted by atomic mass is 32.1. The van der Waals surface area contributed by atoms with Gasteiger partial charge in [-0.15, -0.1) is 11.3 Å². The third-order valence-corrected chi connectivity index (χ3v) is 7.86. The van der Waals surface area contributed by atoms with Gasteiger partial charge in [-0.1, -0.05) is 60.7 Å². The van der Waals surface area contributed by atoms with E-state index in [-0.39, 0.29) is 34.2 Å². The van der Waals surface area contributed by atoms with Crippen LogP contribution in [0, 0.1) is 6.92 Å². The van der Waals surface area contributed by atoms with E-state index >= 15 is 0 Å². The molecule has 45 heavy (non-hydrogen) atoms. The number of fused-ring (bicyclic) bond motifs is 1. The zero-order valence-corrected chi connectivity index (χ0v) is 25.6. The van der Waals surface area contributed by atoms with Crippen LogP contribution < -0.4 is 5.32 Å². The van der Waals surface area contributed by atoms with Crippen LogP contribution in [0.5, 0.6) is 0 Å². The van der Waals surface area contributed by atoms with Gasteiger partial charge in [0.15, 0.2) is 6.61 Å². The second-order valence-corrected chi connectivity index (χ2v) is 10.7. The van der Waals surface area contributed by atoms with E-state index < -0.39 is 30.4 Å². The van der Waals surface area contributed by atoms with Crippen LogP contribution in [-0.4, -0.2) is 53.6 Å². The summed E-state index contributed by atoms with van der Waals surface area (Å²) < 4.78 is 15.5. The van der Waals surface area contributed by atoms with Gasteiger partial charge in [0.05, 0.1) is 46.8 Å². The van der Waals surface area contributed by atoms with Crippen LogP contribution in [0.2, 0.25) is 0 Å². The van der Waals surface area contributed by atoms with E-state index in [1.54, 1.807) is 39.0 Å². The van der Waals surface area contributed by atoms with Gasteiger partial charge < -0.3 is 19.5 Å². The molecule has 1 N–H and O–H groups in total. The van der Waals surface area contributed by atoms with Crippen LogP contribution >= 0.6 is 11.3 Å². The summed E-state index contributed by atoms with van der Waals surface area (Å²) in [6, 6.07) is 24.2. The van der Waals surface area contributed by atoms with Gasteiger partial charge in [0.1, 0.15) is 9.88 Å². The molecule has 0 radical (unpaired) electrons. The lowest BCUT2D eigenvalue weighted by Gasteiger charge is -2.11. The van der Waals surface area contributed by atoms with Gasteiger partial charge in [0.25, 0.3) is 5.91 Å². The number of anilines is 1. The number of carbonyl (C=O) groups excluding carboxylic acids is 4. The monoisotopic (exact) mass is 623 g/mol. The van der Waals surface area contributed by atoms with Gasteiger partial charge in [-0.05, 0) is 44.5 Å². The second-order valence-electron chi connectivity index (χ2n) is 9.68. The second kappa shape index (κ2) is 13.9. The summed E-state index contributed by atoms with van der Waals surface area (Å²) in [6.45, 7) is 4.48. The lowest BCUT2D eigenvalue weighted by Crippen LogP contribution is -2.21. The first-order valence-corrected chi connectivity index (χ1v) is 15.0. The number of hydrogen-bond donors (Lipinski definition) is 1. The summed E-state index contributed by atoms with van der Waals surface area (Å²) in [5.41, 5.74) is 4.75. The van der Waals surface area contributed by atoms with E-state index in [4.69, 9.17) is 24.2 Å². The third-order valence-electron chi connectivity index (χ3n) is 6.67. The van der Waals surface area contributed by atoms with Gasteiger partial charge in [-0.3, -0.25) is 4.79 Å². The van der Waals surface area contributed by atoms with Gasteiger partial charge in [-0.2, -0.15) is 0 Å². The van der Waals surface area contributed by atoms with Crippen molar-refractivity contribution in [2.75, 3.05) is 25.1 Å². The molecule has 0 saturated heterocycles. The minimum absolute atomic E-state index is 0.0433. The van der Waals surface area contributed by atoms with Crippen molar-refractivity contribution in [2.24, 2.45) is 0 Å². The molecule has 5 rings (SSSR count). The van der Waals surface area contributed by atoms with Crippen molar-refractivity contribution in [1.82, 2.24) is 9.97 Å². The topological polar surface area (TPSA) is 134 Å². The van der Waals surface area contributed by atoms with Crippen LogP contribution in [-0.2, 0) is 19.0 Å². The fraction of sp³-hybridized carbons (Fsp3) is 0.176. The summed E-state index contributed by atoms with van der Waals surface area (Å²) in [5, 5.41) is 2.66. The molecule has 228 valence electrons. The van der Waals surface area contributed by atoms with Crippen LogP contribution in [0.15, 0.2) is 78.9 Å². The molecular weight excluding hydrogens is 594 g/mol.